The van der Waals surface area contributed by atoms with Gasteiger partial charge in [0, 0.05) is 18.7 Å². The minimum absolute atomic E-state index is 0.156. The molecule has 1 fully saturated rings. The maximum absolute atomic E-state index is 11.9. The molecule has 10 heteroatoms. The number of urea groups is 1. The van der Waals surface area contributed by atoms with Crippen molar-refractivity contribution in [2.75, 3.05) is 12.3 Å². The van der Waals surface area contributed by atoms with Crippen LogP contribution in [0.2, 0.25) is 0 Å². The topological polar surface area (TPSA) is 113 Å². The van der Waals surface area contributed by atoms with E-state index < -0.39 is 12.1 Å². The zero-order chi connectivity index (χ0) is 15.9. The van der Waals surface area contributed by atoms with Crippen molar-refractivity contribution in [3.8, 4) is 0 Å². The van der Waals surface area contributed by atoms with Crippen LogP contribution in [-0.4, -0.2) is 46.4 Å². The molecular weight excluding hydrogens is 326 g/mol. The van der Waals surface area contributed by atoms with E-state index in [1.165, 1.54) is 0 Å². The van der Waals surface area contributed by atoms with E-state index in [1.807, 2.05) is 6.92 Å². The van der Waals surface area contributed by atoms with Crippen molar-refractivity contribution >= 4 is 40.9 Å². The molecule has 1 aliphatic heterocycles. The first-order valence-electron chi connectivity index (χ1n) is 6.85. The van der Waals surface area contributed by atoms with E-state index in [4.69, 9.17) is 0 Å². The number of thioether (sulfide) groups is 1. The average Bonchev–Trinajstić information content (AvgIpc) is 2.79. The summed E-state index contributed by atoms with van der Waals surface area (Å²) in [7, 11) is 0. The molecule has 120 valence electrons. The Labute approximate surface area is 135 Å². The molecule has 1 saturated heterocycles. The standard InChI is InChI=1S/C12H17N5O3S2/c1-7-16-17-12(22-7)21-6-2-5-13-10(19)8-3-4-9(18)15-11(20)14-8/h8H,2-6H2,1H3,(H,13,19)(H2,14,15,18,20)/t8-/m0/s1. The van der Waals surface area contributed by atoms with Crippen LogP contribution in [-0.2, 0) is 9.59 Å². The SMILES string of the molecule is Cc1nnc(SCCCNC(=O)[C@@H]2CCC(=O)NC(=O)N2)s1. The number of imide groups is 1. The van der Waals surface area contributed by atoms with E-state index in [-0.39, 0.29) is 18.2 Å². The average molecular weight is 343 g/mol. The highest BCUT2D eigenvalue weighted by Crippen LogP contribution is 2.21. The Balaban J connectivity index is 1.64. The molecule has 0 bridgehead atoms. The maximum atomic E-state index is 11.9. The molecule has 2 heterocycles. The Morgan fingerprint density at radius 1 is 1.45 bits per heavy atom. The highest BCUT2D eigenvalue weighted by molar-refractivity contribution is 8.01. The fourth-order valence-electron chi connectivity index (χ4n) is 1.83. The molecule has 0 spiro atoms. The molecule has 2 rings (SSSR count). The number of amides is 4. The van der Waals surface area contributed by atoms with Crippen LogP contribution in [0.5, 0.6) is 0 Å². The molecule has 1 aromatic rings. The van der Waals surface area contributed by atoms with Gasteiger partial charge in [0.2, 0.25) is 11.8 Å². The second-order valence-electron chi connectivity index (χ2n) is 4.69. The van der Waals surface area contributed by atoms with Gasteiger partial charge in [0.25, 0.3) is 0 Å². The number of aromatic nitrogens is 2. The second kappa shape index (κ2) is 8.08. The smallest absolute Gasteiger partial charge is 0.322 e. The van der Waals surface area contributed by atoms with E-state index in [2.05, 4.69) is 26.1 Å². The normalized spacial score (nSPS) is 18.3. The van der Waals surface area contributed by atoms with Crippen molar-refractivity contribution in [2.45, 2.75) is 36.6 Å². The van der Waals surface area contributed by atoms with Gasteiger partial charge in [-0.3, -0.25) is 14.9 Å². The summed E-state index contributed by atoms with van der Waals surface area (Å²) in [5, 5.41) is 16.3. The van der Waals surface area contributed by atoms with Gasteiger partial charge in [-0.05, 0) is 19.8 Å². The van der Waals surface area contributed by atoms with E-state index in [9.17, 15) is 14.4 Å². The summed E-state index contributed by atoms with van der Waals surface area (Å²) in [6, 6.07) is -1.28. The highest BCUT2D eigenvalue weighted by atomic mass is 32.2. The van der Waals surface area contributed by atoms with Crippen LogP contribution in [0.15, 0.2) is 4.34 Å². The quantitative estimate of drug-likeness (QED) is 0.510. The van der Waals surface area contributed by atoms with Gasteiger partial charge in [0.15, 0.2) is 4.34 Å². The summed E-state index contributed by atoms with van der Waals surface area (Å²) >= 11 is 3.15. The van der Waals surface area contributed by atoms with Crippen molar-refractivity contribution in [2.24, 2.45) is 0 Å². The molecular formula is C12H17N5O3S2. The summed E-state index contributed by atoms with van der Waals surface area (Å²) in [5.74, 6) is 0.199. The van der Waals surface area contributed by atoms with Gasteiger partial charge >= 0.3 is 6.03 Å². The minimum atomic E-state index is -0.662. The number of hydrogen-bond donors (Lipinski definition) is 3. The molecule has 0 aliphatic carbocycles. The van der Waals surface area contributed by atoms with Crippen molar-refractivity contribution in [1.82, 2.24) is 26.1 Å². The lowest BCUT2D eigenvalue weighted by Crippen LogP contribution is -2.48. The van der Waals surface area contributed by atoms with E-state index >= 15 is 0 Å². The first-order valence-corrected chi connectivity index (χ1v) is 8.66. The van der Waals surface area contributed by atoms with Gasteiger partial charge in [-0.2, -0.15) is 0 Å². The van der Waals surface area contributed by atoms with Crippen molar-refractivity contribution in [3.63, 3.8) is 0 Å². The monoisotopic (exact) mass is 343 g/mol. The third-order valence-corrected chi connectivity index (χ3v) is 4.95. The van der Waals surface area contributed by atoms with Gasteiger partial charge in [0.05, 0.1) is 0 Å². The minimum Gasteiger partial charge on any atom is -0.354 e. The molecule has 4 amide bonds. The molecule has 8 nitrogen and oxygen atoms in total. The number of nitrogens with zero attached hydrogens (tertiary/aromatic N) is 2. The first kappa shape index (κ1) is 16.7. The van der Waals surface area contributed by atoms with Crippen LogP contribution in [0.3, 0.4) is 0 Å². The van der Waals surface area contributed by atoms with E-state index in [0.29, 0.717) is 13.0 Å². The Kier molecular flexibility index (Phi) is 6.13. The number of carbonyl (C=O) groups excluding carboxylic acids is 3. The molecule has 0 radical (unpaired) electrons. The molecule has 22 heavy (non-hydrogen) atoms. The summed E-state index contributed by atoms with van der Waals surface area (Å²) in [4.78, 5) is 34.4. The van der Waals surface area contributed by atoms with E-state index in [1.54, 1.807) is 23.1 Å². The number of nitrogens with one attached hydrogen (secondary N) is 3. The van der Waals surface area contributed by atoms with Gasteiger partial charge in [-0.15, -0.1) is 10.2 Å². The highest BCUT2D eigenvalue weighted by Gasteiger charge is 2.25. The van der Waals surface area contributed by atoms with Crippen LogP contribution in [0.4, 0.5) is 4.79 Å². The summed E-state index contributed by atoms with van der Waals surface area (Å²) in [5.41, 5.74) is 0. The van der Waals surface area contributed by atoms with Crippen LogP contribution in [0.25, 0.3) is 0 Å². The number of carbonyl (C=O) groups is 3. The Bertz CT molecular complexity index is 563. The van der Waals surface area contributed by atoms with Crippen LogP contribution in [0.1, 0.15) is 24.3 Å². The predicted molar refractivity (Wildman–Crippen MR) is 82.7 cm³/mol. The van der Waals surface area contributed by atoms with Gasteiger partial charge in [-0.1, -0.05) is 23.1 Å². The van der Waals surface area contributed by atoms with Crippen LogP contribution in [0, 0.1) is 6.92 Å². The van der Waals surface area contributed by atoms with Crippen molar-refractivity contribution in [1.29, 1.82) is 0 Å². The largest absolute Gasteiger partial charge is 0.354 e. The lowest BCUT2D eigenvalue weighted by atomic mass is 10.1. The Morgan fingerprint density at radius 3 is 3.00 bits per heavy atom. The van der Waals surface area contributed by atoms with Crippen LogP contribution < -0.4 is 16.0 Å². The van der Waals surface area contributed by atoms with Crippen LogP contribution >= 0.6 is 23.1 Å². The third-order valence-electron chi connectivity index (χ3n) is 2.89. The predicted octanol–water partition coefficient (Wildman–Crippen LogP) is 0.433. The molecule has 1 atom stereocenters. The lowest BCUT2D eigenvalue weighted by Gasteiger charge is -2.14. The lowest BCUT2D eigenvalue weighted by molar-refractivity contribution is -0.123. The molecule has 0 unspecified atom stereocenters. The fraction of sp³-hybridized carbons (Fsp3) is 0.583. The maximum Gasteiger partial charge on any atom is 0.322 e. The first-order chi connectivity index (χ1) is 10.5. The molecule has 0 aromatic carbocycles. The second-order valence-corrected chi connectivity index (χ2v) is 7.22. The zero-order valence-electron chi connectivity index (χ0n) is 12.0. The molecule has 1 aliphatic rings. The summed E-state index contributed by atoms with van der Waals surface area (Å²) in [6.45, 7) is 2.42. The van der Waals surface area contributed by atoms with Gasteiger partial charge in [0.1, 0.15) is 11.0 Å². The van der Waals surface area contributed by atoms with Gasteiger partial charge < -0.3 is 10.6 Å². The Hall–Kier alpha value is -1.68. The zero-order valence-corrected chi connectivity index (χ0v) is 13.7. The summed E-state index contributed by atoms with van der Waals surface area (Å²) < 4.78 is 0.921. The molecule has 1 aromatic heterocycles. The fourth-order valence-corrected chi connectivity index (χ4v) is 3.66. The number of rotatable bonds is 6. The molecule has 0 saturated carbocycles. The Morgan fingerprint density at radius 2 is 2.27 bits per heavy atom. The number of aryl methyl sites for hydroxylation is 1. The summed E-state index contributed by atoms with van der Waals surface area (Å²) in [6.07, 6.45) is 1.25. The molecule has 3 N–H and O–H groups in total. The number of hydrogen-bond acceptors (Lipinski definition) is 7. The van der Waals surface area contributed by atoms with E-state index in [0.717, 1.165) is 21.5 Å². The van der Waals surface area contributed by atoms with Crippen molar-refractivity contribution in [3.05, 3.63) is 5.01 Å². The van der Waals surface area contributed by atoms with Crippen molar-refractivity contribution < 1.29 is 14.4 Å². The third kappa shape index (κ3) is 5.26. The van der Waals surface area contributed by atoms with Gasteiger partial charge in [-0.25, -0.2) is 4.79 Å².